The van der Waals surface area contributed by atoms with Crippen LogP contribution in [0.1, 0.15) is 57.8 Å². The van der Waals surface area contributed by atoms with Crippen LogP contribution in [-0.2, 0) is 0 Å². The van der Waals surface area contributed by atoms with Crippen molar-refractivity contribution in [2.75, 3.05) is 13.6 Å². The fraction of sp³-hybridized carbons (Fsp3) is 0.786. The van der Waals surface area contributed by atoms with Crippen LogP contribution in [0.3, 0.4) is 0 Å². The smallest absolute Gasteiger partial charge is 0.0621 e. The van der Waals surface area contributed by atoms with Gasteiger partial charge in [-0.25, -0.2) is 0 Å². The van der Waals surface area contributed by atoms with E-state index in [1.54, 1.807) is 0 Å². The molecule has 0 bridgehead atoms. The van der Waals surface area contributed by atoms with Crippen molar-refractivity contribution in [1.82, 2.24) is 5.32 Å². The number of nitrogens with zero attached hydrogens (tertiary/aromatic N) is 1. The number of nitriles is 1. The van der Waals surface area contributed by atoms with Crippen molar-refractivity contribution in [1.29, 1.82) is 5.26 Å². The van der Waals surface area contributed by atoms with Crippen molar-refractivity contribution in [2.45, 2.75) is 57.8 Å². The molecule has 2 heteroatoms. The Balaban J connectivity index is 3.01. The molecule has 0 spiro atoms. The Bertz CT molecular complexity index is 191. The van der Waals surface area contributed by atoms with Gasteiger partial charge in [0.05, 0.1) is 6.07 Å². The van der Waals surface area contributed by atoms with Crippen LogP contribution in [0.4, 0.5) is 0 Å². The second-order valence-electron chi connectivity index (χ2n) is 4.18. The van der Waals surface area contributed by atoms with Crippen molar-refractivity contribution in [3.8, 4) is 6.07 Å². The van der Waals surface area contributed by atoms with E-state index in [4.69, 9.17) is 5.26 Å². The fourth-order valence-corrected chi connectivity index (χ4v) is 1.62. The zero-order valence-electron chi connectivity index (χ0n) is 10.7. The lowest BCUT2D eigenvalue weighted by molar-refractivity contribution is 0.653. The predicted molar refractivity (Wildman–Crippen MR) is 70.2 cm³/mol. The van der Waals surface area contributed by atoms with Crippen LogP contribution in [0.25, 0.3) is 0 Å². The molecule has 92 valence electrons. The summed E-state index contributed by atoms with van der Waals surface area (Å²) in [5, 5.41) is 11.5. The Kier molecular flexibility index (Phi) is 13.5. The van der Waals surface area contributed by atoms with Crippen LogP contribution in [0, 0.1) is 11.3 Å². The van der Waals surface area contributed by atoms with Gasteiger partial charge in [0.1, 0.15) is 0 Å². The SMILES string of the molecule is CNCCCC/C=C\CCCCCCC#N. The summed E-state index contributed by atoms with van der Waals surface area (Å²) in [6, 6.07) is 2.18. The minimum absolute atomic E-state index is 0.724. The molecule has 1 N–H and O–H groups in total. The molecule has 0 radical (unpaired) electrons. The van der Waals surface area contributed by atoms with Crippen LogP contribution in [0.5, 0.6) is 0 Å². The average Bonchev–Trinajstić information content (AvgIpc) is 2.31. The second-order valence-corrected chi connectivity index (χ2v) is 4.18. The van der Waals surface area contributed by atoms with Gasteiger partial charge >= 0.3 is 0 Å². The number of nitrogens with one attached hydrogen (secondary N) is 1. The lowest BCUT2D eigenvalue weighted by Crippen LogP contribution is -2.06. The van der Waals surface area contributed by atoms with E-state index in [2.05, 4.69) is 23.5 Å². The molecule has 0 saturated heterocycles. The van der Waals surface area contributed by atoms with Gasteiger partial charge in [0, 0.05) is 6.42 Å². The average molecular weight is 222 g/mol. The molecule has 0 aromatic carbocycles. The molecule has 16 heavy (non-hydrogen) atoms. The van der Waals surface area contributed by atoms with E-state index >= 15 is 0 Å². The van der Waals surface area contributed by atoms with Gasteiger partial charge in [0.15, 0.2) is 0 Å². The summed E-state index contributed by atoms with van der Waals surface area (Å²) in [6.07, 6.45) is 15.2. The minimum atomic E-state index is 0.724. The van der Waals surface area contributed by atoms with Gasteiger partial charge in [-0.3, -0.25) is 0 Å². The molecule has 0 aromatic heterocycles. The third kappa shape index (κ3) is 13.2. The maximum atomic E-state index is 8.36. The molecule has 0 aliphatic rings. The normalized spacial score (nSPS) is 10.8. The number of hydrogen-bond donors (Lipinski definition) is 1. The number of hydrogen-bond acceptors (Lipinski definition) is 2. The molecule has 0 unspecified atom stereocenters. The molecule has 0 saturated carbocycles. The van der Waals surface area contributed by atoms with E-state index in [1.165, 1.54) is 44.9 Å². The van der Waals surface area contributed by atoms with Crippen molar-refractivity contribution < 1.29 is 0 Å². The maximum absolute atomic E-state index is 8.36. The van der Waals surface area contributed by atoms with Gasteiger partial charge in [-0.2, -0.15) is 5.26 Å². The molecular weight excluding hydrogens is 196 g/mol. The summed E-state index contributed by atoms with van der Waals surface area (Å²) in [5.41, 5.74) is 0. The van der Waals surface area contributed by atoms with E-state index in [1.807, 2.05) is 7.05 Å². The highest BCUT2D eigenvalue weighted by atomic mass is 14.8. The zero-order chi connectivity index (χ0) is 11.9. The van der Waals surface area contributed by atoms with Crippen LogP contribution in [0.2, 0.25) is 0 Å². The predicted octanol–water partition coefficient (Wildman–Crippen LogP) is 3.80. The van der Waals surface area contributed by atoms with Crippen LogP contribution in [-0.4, -0.2) is 13.6 Å². The highest BCUT2D eigenvalue weighted by Gasteiger charge is 1.88. The summed E-state index contributed by atoms with van der Waals surface area (Å²) in [6.45, 7) is 1.13. The topological polar surface area (TPSA) is 35.8 Å². The highest BCUT2D eigenvalue weighted by molar-refractivity contribution is 4.81. The third-order valence-corrected chi connectivity index (χ3v) is 2.62. The van der Waals surface area contributed by atoms with Crippen LogP contribution in [0.15, 0.2) is 12.2 Å². The summed E-state index contributed by atoms with van der Waals surface area (Å²) in [5.74, 6) is 0. The van der Waals surface area contributed by atoms with Crippen LogP contribution >= 0.6 is 0 Å². The Hall–Kier alpha value is -0.810. The first-order chi connectivity index (χ1) is 7.91. The molecule has 0 aromatic rings. The maximum Gasteiger partial charge on any atom is 0.0621 e. The lowest BCUT2D eigenvalue weighted by atomic mass is 10.1. The Labute approximate surface area is 101 Å². The molecule has 0 fully saturated rings. The van der Waals surface area contributed by atoms with E-state index in [0.29, 0.717) is 0 Å². The highest BCUT2D eigenvalue weighted by Crippen LogP contribution is 2.06. The van der Waals surface area contributed by atoms with E-state index in [0.717, 1.165) is 19.4 Å². The molecule has 2 nitrogen and oxygen atoms in total. The molecular formula is C14H26N2. The first kappa shape index (κ1) is 15.2. The van der Waals surface area contributed by atoms with E-state index in [-0.39, 0.29) is 0 Å². The Morgan fingerprint density at radius 1 is 0.938 bits per heavy atom. The van der Waals surface area contributed by atoms with Gasteiger partial charge in [-0.05, 0) is 52.1 Å². The van der Waals surface area contributed by atoms with Gasteiger partial charge in [-0.15, -0.1) is 0 Å². The first-order valence-electron chi connectivity index (χ1n) is 6.58. The third-order valence-electron chi connectivity index (χ3n) is 2.62. The van der Waals surface area contributed by atoms with Crippen molar-refractivity contribution >= 4 is 0 Å². The second kappa shape index (κ2) is 14.2. The van der Waals surface area contributed by atoms with Gasteiger partial charge in [0.25, 0.3) is 0 Å². The van der Waals surface area contributed by atoms with Gasteiger partial charge in [0.2, 0.25) is 0 Å². The molecule has 0 atom stereocenters. The largest absolute Gasteiger partial charge is 0.320 e. The first-order valence-corrected chi connectivity index (χ1v) is 6.58. The van der Waals surface area contributed by atoms with Crippen LogP contribution < -0.4 is 5.32 Å². The summed E-state index contributed by atoms with van der Waals surface area (Å²) in [4.78, 5) is 0. The van der Waals surface area contributed by atoms with Gasteiger partial charge < -0.3 is 5.32 Å². The van der Waals surface area contributed by atoms with Crippen molar-refractivity contribution in [2.24, 2.45) is 0 Å². The monoisotopic (exact) mass is 222 g/mol. The molecule has 0 aliphatic heterocycles. The minimum Gasteiger partial charge on any atom is -0.320 e. The summed E-state index contributed by atoms with van der Waals surface area (Å²) < 4.78 is 0. The number of allylic oxidation sites excluding steroid dienone is 2. The number of rotatable bonds is 11. The summed E-state index contributed by atoms with van der Waals surface area (Å²) in [7, 11) is 2.00. The molecule has 0 amide bonds. The fourth-order valence-electron chi connectivity index (χ4n) is 1.62. The molecule has 0 rings (SSSR count). The van der Waals surface area contributed by atoms with E-state index in [9.17, 15) is 0 Å². The molecule has 0 aliphatic carbocycles. The molecule has 0 heterocycles. The summed E-state index contributed by atoms with van der Waals surface area (Å²) >= 11 is 0. The van der Waals surface area contributed by atoms with Crippen molar-refractivity contribution in [3.63, 3.8) is 0 Å². The Morgan fingerprint density at radius 3 is 2.19 bits per heavy atom. The lowest BCUT2D eigenvalue weighted by Gasteiger charge is -1.97. The van der Waals surface area contributed by atoms with Crippen molar-refractivity contribution in [3.05, 3.63) is 12.2 Å². The van der Waals surface area contributed by atoms with E-state index < -0.39 is 0 Å². The zero-order valence-corrected chi connectivity index (χ0v) is 10.7. The number of unbranched alkanes of at least 4 members (excludes halogenated alkanes) is 7. The quantitative estimate of drug-likeness (QED) is 0.426. The Morgan fingerprint density at radius 2 is 1.56 bits per heavy atom. The standard InChI is InChI=1S/C14H26N2/c1-16-14-12-10-8-6-4-2-3-5-7-9-11-13-15/h4,6,16H,2-3,5,7-12,14H2,1H3/b6-4-. The van der Waals surface area contributed by atoms with Gasteiger partial charge in [-0.1, -0.05) is 25.0 Å².